The number of ether oxygens (including phenoxy) is 2. The van der Waals surface area contributed by atoms with Crippen molar-refractivity contribution in [2.75, 3.05) is 31.6 Å². The molecule has 29 heavy (non-hydrogen) atoms. The summed E-state index contributed by atoms with van der Waals surface area (Å²) in [6.45, 7) is 2.25. The van der Waals surface area contributed by atoms with E-state index < -0.39 is 0 Å². The third kappa shape index (κ3) is 4.77. The van der Waals surface area contributed by atoms with Crippen molar-refractivity contribution in [2.45, 2.75) is 12.8 Å². The van der Waals surface area contributed by atoms with Gasteiger partial charge in [0.2, 0.25) is 11.8 Å². The lowest BCUT2D eigenvalue weighted by Gasteiger charge is -2.30. The number of nitrogens with zero attached hydrogens (tertiary/aromatic N) is 1. The Bertz CT molecular complexity index is 902. The molecule has 0 atom stereocenters. The molecule has 2 aliphatic heterocycles. The second-order valence-corrected chi connectivity index (χ2v) is 7.19. The first kappa shape index (κ1) is 19.1. The Balaban J connectivity index is 1.29. The lowest BCUT2D eigenvalue weighted by molar-refractivity contribution is -0.130. The van der Waals surface area contributed by atoms with Gasteiger partial charge in [-0.25, -0.2) is 0 Å². The minimum Gasteiger partial charge on any atom is -0.486 e. The number of fused-ring (bicyclic) bond motifs is 1. The molecule has 0 bridgehead atoms. The Kier molecular flexibility index (Phi) is 5.79. The van der Waals surface area contributed by atoms with E-state index in [4.69, 9.17) is 9.47 Å². The van der Waals surface area contributed by atoms with Gasteiger partial charge in [-0.2, -0.15) is 0 Å². The molecule has 2 aromatic carbocycles. The minimum absolute atomic E-state index is 0.0233. The van der Waals surface area contributed by atoms with Gasteiger partial charge in [0.15, 0.2) is 11.5 Å². The van der Waals surface area contributed by atoms with Crippen molar-refractivity contribution in [2.24, 2.45) is 5.92 Å². The van der Waals surface area contributed by atoms with Gasteiger partial charge in [-0.05, 0) is 48.7 Å². The zero-order valence-corrected chi connectivity index (χ0v) is 16.2. The number of carbonyl (C=O) groups is 2. The molecule has 0 unspecified atom stereocenters. The van der Waals surface area contributed by atoms with E-state index in [0.29, 0.717) is 44.9 Å². The zero-order valence-electron chi connectivity index (χ0n) is 16.2. The number of nitrogens with one attached hydrogen (secondary N) is 1. The van der Waals surface area contributed by atoms with Crippen LogP contribution in [0.4, 0.5) is 5.69 Å². The molecule has 6 nitrogen and oxygen atoms in total. The predicted molar refractivity (Wildman–Crippen MR) is 111 cm³/mol. The maximum absolute atomic E-state index is 12.5. The van der Waals surface area contributed by atoms with Crippen molar-refractivity contribution in [3.63, 3.8) is 0 Å². The second-order valence-electron chi connectivity index (χ2n) is 7.19. The number of carbonyl (C=O) groups excluding carboxylic acids is 2. The lowest BCUT2D eigenvalue weighted by Crippen LogP contribution is -2.40. The average molecular weight is 392 g/mol. The largest absolute Gasteiger partial charge is 0.486 e. The smallest absolute Gasteiger partial charge is 0.246 e. The summed E-state index contributed by atoms with van der Waals surface area (Å²) >= 11 is 0. The topological polar surface area (TPSA) is 67.9 Å². The summed E-state index contributed by atoms with van der Waals surface area (Å²) < 4.78 is 11.1. The highest BCUT2D eigenvalue weighted by atomic mass is 16.6. The average Bonchev–Trinajstić information content (AvgIpc) is 2.78. The van der Waals surface area contributed by atoms with E-state index in [1.165, 1.54) is 0 Å². The molecule has 1 saturated heterocycles. The number of likely N-dealkylation sites (tertiary alicyclic amines) is 1. The first-order valence-corrected chi connectivity index (χ1v) is 9.91. The number of amides is 2. The molecule has 150 valence electrons. The summed E-state index contributed by atoms with van der Waals surface area (Å²) in [6.07, 6.45) is 4.70. The molecule has 2 aliphatic rings. The van der Waals surface area contributed by atoms with Crippen LogP contribution in [0.3, 0.4) is 0 Å². The van der Waals surface area contributed by atoms with Gasteiger partial charge in [-0.15, -0.1) is 0 Å². The van der Waals surface area contributed by atoms with Crippen LogP contribution in [0.1, 0.15) is 18.4 Å². The fourth-order valence-electron chi connectivity index (χ4n) is 3.56. The number of hydrogen-bond donors (Lipinski definition) is 1. The van der Waals surface area contributed by atoms with Crippen LogP contribution in [0.5, 0.6) is 11.5 Å². The Morgan fingerprint density at radius 1 is 0.966 bits per heavy atom. The molecule has 0 aromatic heterocycles. The van der Waals surface area contributed by atoms with E-state index in [-0.39, 0.29) is 17.7 Å². The van der Waals surface area contributed by atoms with Crippen molar-refractivity contribution in [3.8, 4) is 11.5 Å². The Labute approximate surface area is 170 Å². The fourth-order valence-corrected chi connectivity index (χ4v) is 3.56. The molecule has 0 aliphatic carbocycles. The predicted octanol–water partition coefficient (Wildman–Crippen LogP) is 3.35. The van der Waals surface area contributed by atoms with Gasteiger partial charge in [0.05, 0.1) is 0 Å². The van der Waals surface area contributed by atoms with Crippen molar-refractivity contribution in [1.29, 1.82) is 0 Å². The van der Waals surface area contributed by atoms with Gasteiger partial charge < -0.3 is 19.7 Å². The highest BCUT2D eigenvalue weighted by molar-refractivity contribution is 5.94. The van der Waals surface area contributed by atoms with Crippen molar-refractivity contribution >= 4 is 23.6 Å². The molecule has 0 spiro atoms. The summed E-state index contributed by atoms with van der Waals surface area (Å²) in [7, 11) is 0. The minimum atomic E-state index is -0.0685. The molecular formula is C23H24N2O4. The summed E-state index contributed by atoms with van der Waals surface area (Å²) in [5.41, 5.74) is 1.69. The Hall–Kier alpha value is -3.28. The number of rotatable bonds is 4. The van der Waals surface area contributed by atoms with Gasteiger partial charge >= 0.3 is 0 Å². The van der Waals surface area contributed by atoms with Crippen LogP contribution in [0, 0.1) is 5.92 Å². The quantitative estimate of drug-likeness (QED) is 0.811. The van der Waals surface area contributed by atoms with E-state index in [1.807, 2.05) is 48.5 Å². The number of para-hydroxylation sites is 1. The molecule has 1 N–H and O–H groups in total. The van der Waals surface area contributed by atoms with Gasteiger partial charge in [-0.3, -0.25) is 9.59 Å². The molecular weight excluding hydrogens is 368 g/mol. The van der Waals surface area contributed by atoms with Crippen LogP contribution in [-0.4, -0.2) is 43.0 Å². The van der Waals surface area contributed by atoms with E-state index in [1.54, 1.807) is 17.1 Å². The molecule has 2 amide bonds. The molecule has 2 heterocycles. The van der Waals surface area contributed by atoms with E-state index in [9.17, 15) is 9.59 Å². The molecule has 6 heteroatoms. The number of hydrogen-bond acceptors (Lipinski definition) is 4. The van der Waals surface area contributed by atoms with Crippen LogP contribution in [0.25, 0.3) is 6.08 Å². The van der Waals surface area contributed by atoms with Gasteiger partial charge in [0.1, 0.15) is 13.2 Å². The van der Waals surface area contributed by atoms with Crippen LogP contribution >= 0.6 is 0 Å². The van der Waals surface area contributed by atoms with E-state index in [0.717, 1.165) is 17.0 Å². The highest BCUT2D eigenvalue weighted by Gasteiger charge is 2.26. The standard InChI is InChI=1S/C23H24N2O4/c26-22(9-7-17-6-8-20-21(16-17)29-15-14-28-20)25-12-10-18(11-13-25)23(27)24-19-4-2-1-3-5-19/h1-9,16,18H,10-15H2,(H,24,27)/b9-7+. The van der Waals surface area contributed by atoms with Gasteiger partial charge in [0.25, 0.3) is 0 Å². The summed E-state index contributed by atoms with van der Waals surface area (Å²) in [5.74, 6) is 1.35. The Morgan fingerprint density at radius 3 is 2.45 bits per heavy atom. The molecule has 1 fully saturated rings. The summed E-state index contributed by atoms with van der Waals surface area (Å²) in [5, 5.41) is 2.95. The lowest BCUT2D eigenvalue weighted by atomic mass is 9.95. The molecule has 0 radical (unpaired) electrons. The van der Waals surface area contributed by atoms with Crippen molar-refractivity contribution < 1.29 is 19.1 Å². The maximum Gasteiger partial charge on any atom is 0.246 e. The fraction of sp³-hybridized carbons (Fsp3) is 0.304. The second kappa shape index (κ2) is 8.82. The Morgan fingerprint density at radius 2 is 1.69 bits per heavy atom. The third-order valence-electron chi connectivity index (χ3n) is 5.20. The highest BCUT2D eigenvalue weighted by Crippen LogP contribution is 2.31. The molecule has 4 rings (SSSR count). The van der Waals surface area contributed by atoms with Crippen LogP contribution in [0.2, 0.25) is 0 Å². The first-order valence-electron chi connectivity index (χ1n) is 9.91. The summed E-state index contributed by atoms with van der Waals surface area (Å²) in [4.78, 5) is 26.7. The SMILES string of the molecule is O=C(Nc1ccccc1)C1CCN(C(=O)/C=C/c2ccc3c(c2)OCCO3)CC1. The normalized spacial score (nSPS) is 16.6. The van der Waals surface area contributed by atoms with Gasteiger partial charge in [-0.1, -0.05) is 24.3 Å². The third-order valence-corrected chi connectivity index (χ3v) is 5.20. The maximum atomic E-state index is 12.5. The number of benzene rings is 2. The van der Waals surface area contributed by atoms with Gasteiger partial charge in [0, 0.05) is 30.8 Å². The zero-order chi connectivity index (χ0) is 20.1. The van der Waals surface area contributed by atoms with E-state index >= 15 is 0 Å². The van der Waals surface area contributed by atoms with Crippen molar-refractivity contribution in [3.05, 3.63) is 60.2 Å². The number of anilines is 1. The van der Waals surface area contributed by atoms with Crippen LogP contribution < -0.4 is 14.8 Å². The summed E-state index contributed by atoms with van der Waals surface area (Å²) in [6, 6.07) is 15.1. The molecule has 2 aromatic rings. The molecule has 0 saturated carbocycles. The van der Waals surface area contributed by atoms with Crippen LogP contribution in [-0.2, 0) is 9.59 Å². The van der Waals surface area contributed by atoms with Crippen molar-refractivity contribution in [1.82, 2.24) is 4.90 Å². The monoisotopic (exact) mass is 392 g/mol. The number of piperidine rings is 1. The first-order chi connectivity index (χ1) is 14.2. The van der Waals surface area contributed by atoms with Crippen LogP contribution in [0.15, 0.2) is 54.6 Å². The van der Waals surface area contributed by atoms with E-state index in [2.05, 4.69) is 5.32 Å².